The van der Waals surface area contributed by atoms with E-state index in [4.69, 9.17) is 0 Å². The minimum Gasteiger partial charge on any atom is -0.376 e. The van der Waals surface area contributed by atoms with Crippen molar-refractivity contribution in [1.29, 1.82) is 0 Å². The third-order valence-electron chi connectivity index (χ3n) is 2.66. The van der Waals surface area contributed by atoms with Crippen molar-refractivity contribution in [3.05, 3.63) is 48.2 Å². The van der Waals surface area contributed by atoms with Crippen LogP contribution in [0.25, 0.3) is 0 Å². The van der Waals surface area contributed by atoms with Crippen LogP contribution in [0.2, 0.25) is 0 Å². The van der Waals surface area contributed by atoms with E-state index in [0.717, 1.165) is 25.1 Å². The minimum absolute atomic E-state index is 0.131. The lowest BCUT2D eigenvalue weighted by Gasteiger charge is -2.19. The molecule has 0 saturated carbocycles. The zero-order valence-electron chi connectivity index (χ0n) is 8.60. The first-order chi connectivity index (χ1) is 7.40. The van der Waals surface area contributed by atoms with Crippen molar-refractivity contribution in [3.8, 4) is 0 Å². The first-order valence-corrected chi connectivity index (χ1v) is 5.23. The van der Waals surface area contributed by atoms with Crippen LogP contribution in [0.1, 0.15) is 17.9 Å². The maximum absolute atomic E-state index is 10.9. The Morgan fingerprint density at radius 2 is 2.13 bits per heavy atom. The third-order valence-corrected chi connectivity index (χ3v) is 2.66. The molecule has 0 bridgehead atoms. The molecule has 0 saturated heterocycles. The Hall–Kier alpha value is -1.57. The van der Waals surface area contributed by atoms with E-state index in [-0.39, 0.29) is 5.92 Å². The number of nitrogens with zero attached hydrogens (tertiary/aromatic N) is 1. The Bertz CT molecular complexity index is 345. The highest BCUT2D eigenvalue weighted by atomic mass is 16.1. The number of hydrogen-bond donors (Lipinski definition) is 0. The fourth-order valence-electron chi connectivity index (χ4n) is 1.82. The second kappa shape index (κ2) is 4.78. The van der Waals surface area contributed by atoms with Crippen molar-refractivity contribution in [3.63, 3.8) is 0 Å². The summed E-state index contributed by atoms with van der Waals surface area (Å²) >= 11 is 0. The van der Waals surface area contributed by atoms with Crippen molar-refractivity contribution in [1.82, 2.24) is 4.90 Å². The molecule has 77 valence electrons. The zero-order valence-corrected chi connectivity index (χ0v) is 8.60. The van der Waals surface area contributed by atoms with E-state index >= 15 is 0 Å². The highest BCUT2D eigenvalue weighted by Crippen LogP contribution is 2.16. The topological polar surface area (TPSA) is 20.3 Å². The molecule has 2 heteroatoms. The van der Waals surface area contributed by atoms with Gasteiger partial charge in [0.15, 0.2) is 0 Å². The lowest BCUT2D eigenvalue weighted by atomic mass is 10.0. The summed E-state index contributed by atoms with van der Waals surface area (Å²) in [5.74, 6) is -0.131. The van der Waals surface area contributed by atoms with Gasteiger partial charge in [0.05, 0.1) is 5.92 Å². The molecule has 0 spiro atoms. The molecule has 0 aromatic heterocycles. The van der Waals surface area contributed by atoms with Crippen LogP contribution >= 0.6 is 0 Å². The molecule has 0 fully saturated rings. The van der Waals surface area contributed by atoms with Crippen LogP contribution in [0, 0.1) is 0 Å². The van der Waals surface area contributed by atoms with Crippen molar-refractivity contribution >= 4 is 6.29 Å². The standard InChI is InChI=1S/C13H14NO/c15-11-13(10-14-8-4-5-9-14)12-6-2-1-3-7-12/h1-4,6-8,13H,5,9-10H2. The number of rotatable bonds is 4. The molecule has 2 rings (SSSR count). The summed E-state index contributed by atoms with van der Waals surface area (Å²) < 4.78 is 0. The first kappa shape index (κ1) is 9.97. The van der Waals surface area contributed by atoms with E-state index < -0.39 is 0 Å². The van der Waals surface area contributed by atoms with Gasteiger partial charge in [-0.25, -0.2) is 0 Å². The van der Waals surface area contributed by atoms with Gasteiger partial charge in [-0.2, -0.15) is 0 Å². The summed E-state index contributed by atoms with van der Waals surface area (Å²) in [6.07, 6.45) is 7.40. The Kier molecular flexibility index (Phi) is 3.18. The van der Waals surface area contributed by atoms with Gasteiger partial charge in [0, 0.05) is 13.1 Å². The van der Waals surface area contributed by atoms with Gasteiger partial charge in [-0.05, 0) is 18.2 Å². The van der Waals surface area contributed by atoms with Crippen molar-refractivity contribution in [2.24, 2.45) is 0 Å². The Balaban J connectivity index is 2.04. The molecular formula is C13H14NO. The molecule has 1 unspecified atom stereocenters. The van der Waals surface area contributed by atoms with Crippen LogP contribution in [-0.2, 0) is 4.79 Å². The van der Waals surface area contributed by atoms with E-state index in [1.807, 2.05) is 30.3 Å². The number of carbonyl (C=O) groups excluding carboxylic acids is 1. The van der Waals surface area contributed by atoms with Crippen molar-refractivity contribution < 1.29 is 4.79 Å². The Morgan fingerprint density at radius 1 is 1.33 bits per heavy atom. The number of benzene rings is 1. The molecule has 1 aromatic carbocycles. The SMILES string of the molecule is O=[C]C(CN1C=CCC1)c1ccccc1. The molecule has 0 aliphatic carbocycles. The fourth-order valence-corrected chi connectivity index (χ4v) is 1.82. The second-order valence-corrected chi connectivity index (χ2v) is 3.75. The quantitative estimate of drug-likeness (QED) is 0.741. The molecule has 1 heterocycles. The normalized spacial score (nSPS) is 16.7. The minimum atomic E-state index is -0.131. The zero-order chi connectivity index (χ0) is 10.5. The largest absolute Gasteiger partial charge is 0.376 e. The average Bonchev–Trinajstić information content (AvgIpc) is 2.80. The molecule has 1 aliphatic heterocycles. The lowest BCUT2D eigenvalue weighted by molar-refractivity contribution is 0.393. The van der Waals surface area contributed by atoms with E-state index in [2.05, 4.69) is 23.5 Å². The van der Waals surface area contributed by atoms with E-state index in [9.17, 15) is 4.79 Å². The monoisotopic (exact) mass is 200 g/mol. The van der Waals surface area contributed by atoms with Gasteiger partial charge in [0.1, 0.15) is 0 Å². The summed E-state index contributed by atoms with van der Waals surface area (Å²) in [5, 5.41) is 0. The highest BCUT2D eigenvalue weighted by molar-refractivity contribution is 5.63. The molecular weight excluding hydrogens is 186 g/mol. The maximum atomic E-state index is 10.9. The van der Waals surface area contributed by atoms with Gasteiger partial charge in [0.2, 0.25) is 6.29 Å². The fraction of sp³-hybridized carbons (Fsp3) is 0.308. The van der Waals surface area contributed by atoms with Crippen LogP contribution in [-0.4, -0.2) is 24.3 Å². The molecule has 1 aromatic rings. The smallest absolute Gasteiger partial charge is 0.208 e. The molecule has 1 radical (unpaired) electrons. The summed E-state index contributed by atoms with van der Waals surface area (Å²) in [6, 6.07) is 9.84. The van der Waals surface area contributed by atoms with E-state index in [1.54, 1.807) is 0 Å². The highest BCUT2D eigenvalue weighted by Gasteiger charge is 2.15. The average molecular weight is 200 g/mol. The predicted molar refractivity (Wildman–Crippen MR) is 60.2 cm³/mol. The van der Waals surface area contributed by atoms with E-state index in [0.29, 0.717) is 0 Å². The first-order valence-electron chi connectivity index (χ1n) is 5.23. The predicted octanol–water partition coefficient (Wildman–Crippen LogP) is 2.10. The summed E-state index contributed by atoms with van der Waals surface area (Å²) in [7, 11) is 0. The molecule has 2 nitrogen and oxygen atoms in total. The Labute approximate surface area is 90.2 Å². The number of hydrogen-bond acceptors (Lipinski definition) is 2. The van der Waals surface area contributed by atoms with Crippen LogP contribution < -0.4 is 0 Å². The third kappa shape index (κ3) is 2.46. The van der Waals surface area contributed by atoms with Crippen LogP contribution in [0.4, 0.5) is 0 Å². The van der Waals surface area contributed by atoms with Crippen molar-refractivity contribution in [2.45, 2.75) is 12.3 Å². The van der Waals surface area contributed by atoms with Crippen LogP contribution in [0.5, 0.6) is 0 Å². The van der Waals surface area contributed by atoms with Gasteiger partial charge >= 0.3 is 0 Å². The van der Waals surface area contributed by atoms with Gasteiger partial charge < -0.3 is 4.90 Å². The van der Waals surface area contributed by atoms with E-state index in [1.165, 1.54) is 0 Å². The van der Waals surface area contributed by atoms with Crippen molar-refractivity contribution in [2.75, 3.05) is 13.1 Å². The van der Waals surface area contributed by atoms with Gasteiger partial charge in [-0.1, -0.05) is 36.4 Å². The lowest BCUT2D eigenvalue weighted by Crippen LogP contribution is -2.22. The molecule has 0 N–H and O–H groups in total. The van der Waals surface area contributed by atoms with Gasteiger partial charge in [0.25, 0.3) is 0 Å². The van der Waals surface area contributed by atoms with Crippen LogP contribution in [0.15, 0.2) is 42.6 Å². The molecule has 1 atom stereocenters. The van der Waals surface area contributed by atoms with Crippen LogP contribution in [0.3, 0.4) is 0 Å². The van der Waals surface area contributed by atoms with Gasteiger partial charge in [-0.15, -0.1) is 0 Å². The summed E-state index contributed by atoms with van der Waals surface area (Å²) in [6.45, 7) is 1.76. The Morgan fingerprint density at radius 3 is 2.73 bits per heavy atom. The summed E-state index contributed by atoms with van der Waals surface area (Å²) in [4.78, 5) is 13.1. The molecule has 0 amide bonds. The second-order valence-electron chi connectivity index (χ2n) is 3.75. The molecule has 15 heavy (non-hydrogen) atoms. The maximum Gasteiger partial charge on any atom is 0.208 e. The molecule has 1 aliphatic rings. The van der Waals surface area contributed by atoms with Gasteiger partial charge in [-0.3, -0.25) is 4.79 Å². The summed E-state index contributed by atoms with van der Waals surface area (Å²) in [5.41, 5.74) is 1.05.